The highest BCUT2D eigenvalue weighted by Crippen LogP contribution is 2.26. The van der Waals surface area contributed by atoms with Crippen molar-refractivity contribution >= 4 is 29.2 Å². The van der Waals surface area contributed by atoms with E-state index in [1.165, 1.54) is 17.4 Å². The van der Waals surface area contributed by atoms with E-state index < -0.39 is 0 Å². The fraction of sp³-hybridized carbons (Fsp3) is 0.276. The summed E-state index contributed by atoms with van der Waals surface area (Å²) in [5.41, 5.74) is 3.17. The molecule has 9 heteroatoms. The van der Waals surface area contributed by atoms with Crippen LogP contribution in [0.1, 0.15) is 27.6 Å². The second-order valence-corrected chi connectivity index (χ2v) is 9.99. The van der Waals surface area contributed by atoms with E-state index in [1.807, 2.05) is 61.5 Å². The summed E-state index contributed by atoms with van der Waals surface area (Å²) < 4.78 is 11.1. The summed E-state index contributed by atoms with van der Waals surface area (Å²) in [6, 6.07) is 23.6. The maximum absolute atomic E-state index is 12.5. The van der Waals surface area contributed by atoms with Crippen molar-refractivity contribution in [2.24, 2.45) is 0 Å². The number of carbonyl (C=O) groups is 1. The number of hydrogen-bond donors (Lipinski definition) is 1. The molecule has 2 aromatic heterocycles. The zero-order valence-electron chi connectivity index (χ0n) is 21.6. The Bertz CT molecular complexity index is 1350. The molecule has 1 fully saturated rings. The number of furan rings is 1. The normalized spacial score (nSPS) is 13.4. The second-order valence-electron chi connectivity index (χ2n) is 9.05. The molecule has 1 amide bonds. The van der Waals surface area contributed by atoms with E-state index in [0.29, 0.717) is 29.0 Å². The van der Waals surface area contributed by atoms with Crippen LogP contribution in [0.5, 0.6) is 5.75 Å². The van der Waals surface area contributed by atoms with Gasteiger partial charge in [0, 0.05) is 50.2 Å². The van der Waals surface area contributed by atoms with Crippen LogP contribution >= 0.6 is 11.8 Å². The van der Waals surface area contributed by atoms with Crippen LogP contribution in [0.4, 0.5) is 11.5 Å². The zero-order chi connectivity index (χ0) is 26.3. The van der Waals surface area contributed by atoms with Crippen molar-refractivity contribution in [2.45, 2.75) is 24.4 Å². The molecule has 1 saturated heterocycles. The maximum atomic E-state index is 12.5. The number of nitrogens with zero attached hydrogens (tertiary/aromatic N) is 4. The number of thioether (sulfide) groups is 1. The summed E-state index contributed by atoms with van der Waals surface area (Å²) in [5, 5.41) is 3.59. The van der Waals surface area contributed by atoms with Crippen LogP contribution in [0, 0.1) is 6.92 Å². The Morgan fingerprint density at radius 3 is 2.45 bits per heavy atom. The first-order chi connectivity index (χ1) is 18.6. The van der Waals surface area contributed by atoms with Gasteiger partial charge in [-0.15, -0.1) is 0 Å². The first-order valence-electron chi connectivity index (χ1n) is 12.6. The van der Waals surface area contributed by atoms with E-state index in [4.69, 9.17) is 14.1 Å². The molecule has 5 rings (SSSR count). The van der Waals surface area contributed by atoms with Crippen LogP contribution in [0.15, 0.2) is 82.4 Å². The topological polar surface area (TPSA) is 83.7 Å². The average Bonchev–Trinajstić information content (AvgIpc) is 3.45. The number of rotatable bonds is 9. The van der Waals surface area contributed by atoms with Gasteiger partial charge in [0.1, 0.15) is 17.3 Å². The lowest BCUT2D eigenvalue weighted by Gasteiger charge is -2.36. The molecule has 8 nitrogen and oxygen atoms in total. The number of nitrogens with one attached hydrogen (secondary N) is 1. The minimum absolute atomic E-state index is 0.229. The molecule has 0 aliphatic carbocycles. The van der Waals surface area contributed by atoms with E-state index in [-0.39, 0.29) is 5.91 Å². The molecular formula is C29H31N5O3S. The Morgan fingerprint density at radius 1 is 0.974 bits per heavy atom. The number of piperazine rings is 1. The molecule has 1 N–H and O–H groups in total. The molecule has 0 radical (unpaired) electrons. The van der Waals surface area contributed by atoms with Crippen molar-refractivity contribution in [2.75, 3.05) is 43.1 Å². The Labute approximate surface area is 227 Å². The fourth-order valence-electron chi connectivity index (χ4n) is 4.32. The summed E-state index contributed by atoms with van der Waals surface area (Å²) in [5.74, 6) is 3.13. The van der Waals surface area contributed by atoms with Crippen LogP contribution in [0.2, 0.25) is 0 Å². The van der Waals surface area contributed by atoms with Crippen LogP contribution in [-0.4, -0.2) is 49.2 Å². The molecular weight excluding hydrogens is 498 g/mol. The quantitative estimate of drug-likeness (QED) is 0.241. The van der Waals surface area contributed by atoms with Crippen molar-refractivity contribution in [1.29, 1.82) is 0 Å². The van der Waals surface area contributed by atoms with Crippen molar-refractivity contribution in [3.63, 3.8) is 0 Å². The smallest absolute Gasteiger partial charge is 0.287 e. The first-order valence-corrected chi connectivity index (χ1v) is 13.6. The molecule has 0 spiro atoms. The van der Waals surface area contributed by atoms with Gasteiger partial charge in [-0.3, -0.25) is 4.79 Å². The van der Waals surface area contributed by atoms with Gasteiger partial charge in [-0.1, -0.05) is 42.1 Å². The lowest BCUT2D eigenvalue weighted by Crippen LogP contribution is -2.46. The van der Waals surface area contributed by atoms with Gasteiger partial charge in [0.05, 0.1) is 12.9 Å². The number of anilines is 2. The number of aromatic nitrogens is 2. The predicted octanol–water partition coefficient (Wildman–Crippen LogP) is 4.94. The minimum atomic E-state index is -0.229. The summed E-state index contributed by atoms with van der Waals surface area (Å²) in [7, 11) is 1.68. The van der Waals surface area contributed by atoms with E-state index in [1.54, 1.807) is 13.2 Å². The number of benzene rings is 2. The summed E-state index contributed by atoms with van der Waals surface area (Å²) in [4.78, 5) is 26.6. The minimum Gasteiger partial charge on any atom is -0.497 e. The zero-order valence-corrected chi connectivity index (χ0v) is 22.4. The molecule has 0 atom stereocenters. The molecule has 4 aromatic rings. The van der Waals surface area contributed by atoms with Gasteiger partial charge < -0.3 is 24.3 Å². The Morgan fingerprint density at radius 2 is 1.71 bits per heavy atom. The summed E-state index contributed by atoms with van der Waals surface area (Å²) >= 11 is 1.51. The van der Waals surface area contributed by atoms with Gasteiger partial charge in [0.15, 0.2) is 10.9 Å². The number of carbonyl (C=O) groups excluding carboxylic acids is 1. The number of amides is 1. The molecule has 0 unspecified atom stereocenters. The fourth-order valence-corrected chi connectivity index (χ4v) is 5.11. The van der Waals surface area contributed by atoms with E-state index in [9.17, 15) is 4.79 Å². The third kappa shape index (κ3) is 6.47. The van der Waals surface area contributed by atoms with E-state index in [2.05, 4.69) is 32.2 Å². The number of hydrogen-bond acceptors (Lipinski definition) is 8. The Kier molecular flexibility index (Phi) is 8.13. The largest absolute Gasteiger partial charge is 0.497 e. The average molecular weight is 530 g/mol. The maximum Gasteiger partial charge on any atom is 0.287 e. The third-order valence-electron chi connectivity index (χ3n) is 6.39. The van der Waals surface area contributed by atoms with Crippen LogP contribution < -0.4 is 19.9 Å². The van der Waals surface area contributed by atoms with Gasteiger partial charge >= 0.3 is 0 Å². The van der Waals surface area contributed by atoms with Crippen molar-refractivity contribution in [3.8, 4) is 5.75 Å². The summed E-state index contributed by atoms with van der Waals surface area (Å²) in [6.07, 6.45) is 0. The van der Waals surface area contributed by atoms with Gasteiger partial charge in [-0.05, 0) is 48.9 Å². The van der Waals surface area contributed by atoms with Crippen LogP contribution in [-0.2, 0) is 12.3 Å². The van der Waals surface area contributed by atoms with Gasteiger partial charge in [-0.25, -0.2) is 9.97 Å². The molecule has 0 bridgehead atoms. The highest BCUT2D eigenvalue weighted by Gasteiger charge is 2.20. The highest BCUT2D eigenvalue weighted by atomic mass is 32.2. The van der Waals surface area contributed by atoms with E-state index >= 15 is 0 Å². The van der Waals surface area contributed by atoms with Crippen LogP contribution in [0.25, 0.3) is 0 Å². The van der Waals surface area contributed by atoms with Crippen LogP contribution in [0.3, 0.4) is 0 Å². The first kappa shape index (κ1) is 25.7. The predicted molar refractivity (Wildman–Crippen MR) is 150 cm³/mol. The molecule has 1 aliphatic heterocycles. The van der Waals surface area contributed by atoms with Crippen molar-refractivity contribution in [1.82, 2.24) is 15.3 Å². The molecule has 0 saturated carbocycles. The SMILES string of the molecule is COc1ccc(N2CCN(c3cc(C)nc(SCc4ccc(C(=O)NCc5ccccc5)o4)n3)CC2)cc1. The number of aryl methyl sites for hydroxylation is 1. The monoisotopic (exact) mass is 529 g/mol. The summed E-state index contributed by atoms with van der Waals surface area (Å²) in [6.45, 7) is 6.04. The number of methoxy groups -OCH3 is 1. The molecule has 2 aromatic carbocycles. The van der Waals surface area contributed by atoms with Crippen molar-refractivity contribution in [3.05, 3.63) is 95.6 Å². The lowest BCUT2D eigenvalue weighted by atomic mass is 10.2. The number of ether oxygens (including phenoxy) is 1. The van der Waals surface area contributed by atoms with E-state index in [0.717, 1.165) is 49.0 Å². The van der Waals surface area contributed by atoms with Gasteiger partial charge in [0.25, 0.3) is 5.91 Å². The molecule has 38 heavy (non-hydrogen) atoms. The Hall–Kier alpha value is -3.98. The molecule has 1 aliphatic rings. The standard InChI is InChI=1S/C29H31N5O3S/c1-21-18-27(34-16-14-33(15-17-34)23-8-10-24(36-2)11-9-23)32-29(31-21)38-20-25-12-13-26(37-25)28(35)30-19-22-6-4-3-5-7-22/h3-13,18H,14-17,19-20H2,1-2H3,(H,30,35). The van der Waals surface area contributed by atoms with Crippen molar-refractivity contribution < 1.29 is 13.9 Å². The van der Waals surface area contributed by atoms with Gasteiger partial charge in [-0.2, -0.15) is 0 Å². The Balaban J connectivity index is 1.15. The highest BCUT2D eigenvalue weighted by molar-refractivity contribution is 7.98. The van der Waals surface area contributed by atoms with Gasteiger partial charge in [0.2, 0.25) is 0 Å². The molecule has 196 valence electrons. The lowest BCUT2D eigenvalue weighted by molar-refractivity contribution is 0.0921. The second kappa shape index (κ2) is 12.0. The molecule has 3 heterocycles. The third-order valence-corrected chi connectivity index (χ3v) is 7.26.